The number of carbonyl (C=O) groups excluding carboxylic acids is 2. The van der Waals surface area contributed by atoms with Crippen molar-refractivity contribution >= 4 is 11.6 Å². The lowest BCUT2D eigenvalue weighted by atomic mass is 9.46. The van der Waals surface area contributed by atoms with Gasteiger partial charge in [-0.2, -0.15) is 0 Å². The normalized spacial score (nSPS) is 51.8. The van der Waals surface area contributed by atoms with E-state index in [0.29, 0.717) is 34.7 Å². The lowest BCUT2D eigenvalue weighted by Crippen LogP contribution is -2.52. The molecule has 7 atom stereocenters. The largest absolute Gasteiger partial charge is 0.300 e. The molecule has 0 N–H and O–H groups in total. The van der Waals surface area contributed by atoms with E-state index in [4.69, 9.17) is 0 Å². The molecule has 0 aliphatic heterocycles. The Hall–Kier alpha value is -0.920. The van der Waals surface area contributed by atoms with E-state index >= 15 is 0 Å². The second kappa shape index (κ2) is 5.04. The predicted molar refractivity (Wildman–Crippen MR) is 90.8 cm³/mol. The highest BCUT2D eigenvalue weighted by Crippen LogP contribution is 2.65. The van der Waals surface area contributed by atoms with E-state index < -0.39 is 0 Å². The molecule has 1 unspecified atom stereocenters. The third kappa shape index (κ3) is 2.06. The van der Waals surface area contributed by atoms with E-state index in [0.717, 1.165) is 31.6 Å². The smallest absolute Gasteiger partial charge is 0.133 e. The van der Waals surface area contributed by atoms with Crippen LogP contribution in [0.3, 0.4) is 0 Å². The van der Waals surface area contributed by atoms with Crippen LogP contribution in [0.4, 0.5) is 0 Å². The first-order valence-electron chi connectivity index (χ1n) is 9.57. The van der Waals surface area contributed by atoms with Crippen molar-refractivity contribution in [1.82, 2.24) is 0 Å². The Labute approximate surface area is 140 Å². The highest BCUT2D eigenvalue weighted by molar-refractivity contribution is 5.80. The Morgan fingerprint density at radius 1 is 1.04 bits per heavy atom. The quantitative estimate of drug-likeness (QED) is 0.664. The van der Waals surface area contributed by atoms with Crippen molar-refractivity contribution < 1.29 is 9.59 Å². The Kier molecular flexibility index (Phi) is 3.42. The van der Waals surface area contributed by atoms with E-state index in [1.165, 1.54) is 19.3 Å². The lowest BCUT2D eigenvalue weighted by Gasteiger charge is -2.57. The summed E-state index contributed by atoms with van der Waals surface area (Å²) in [5.41, 5.74) is 0.522. The number of hydrogen-bond donors (Lipinski definition) is 0. The van der Waals surface area contributed by atoms with Crippen LogP contribution in [0.15, 0.2) is 12.2 Å². The van der Waals surface area contributed by atoms with Gasteiger partial charge in [-0.1, -0.05) is 26.0 Å². The molecule has 3 saturated carbocycles. The number of Topliss-reactive ketones (excluding diaryl/α,β-unsaturated/α-hetero) is 2. The van der Waals surface area contributed by atoms with Gasteiger partial charge in [-0.25, -0.2) is 0 Å². The molecule has 0 heterocycles. The minimum Gasteiger partial charge on any atom is -0.300 e. The maximum atomic E-state index is 12.1. The van der Waals surface area contributed by atoms with Crippen molar-refractivity contribution in [3.63, 3.8) is 0 Å². The van der Waals surface area contributed by atoms with Crippen LogP contribution in [0, 0.1) is 40.4 Å². The number of ketones is 2. The minimum atomic E-state index is 0.213. The minimum absolute atomic E-state index is 0.213. The van der Waals surface area contributed by atoms with Crippen molar-refractivity contribution in [2.24, 2.45) is 40.4 Å². The van der Waals surface area contributed by atoms with Crippen LogP contribution >= 0.6 is 0 Å². The molecule has 0 amide bonds. The van der Waals surface area contributed by atoms with Gasteiger partial charge in [-0.3, -0.25) is 9.59 Å². The molecular formula is C21H30O2. The molecule has 23 heavy (non-hydrogen) atoms. The molecule has 4 aliphatic carbocycles. The van der Waals surface area contributed by atoms with Crippen LogP contribution in [-0.2, 0) is 9.59 Å². The highest BCUT2D eigenvalue weighted by Gasteiger charge is 2.59. The molecule has 0 radical (unpaired) electrons. The summed E-state index contributed by atoms with van der Waals surface area (Å²) in [4.78, 5) is 24.0. The zero-order valence-electron chi connectivity index (χ0n) is 14.8. The Bertz CT molecular complexity index is 576. The van der Waals surface area contributed by atoms with E-state index in [1.54, 1.807) is 6.92 Å². The van der Waals surface area contributed by atoms with Gasteiger partial charge >= 0.3 is 0 Å². The van der Waals surface area contributed by atoms with Crippen LogP contribution in [0.2, 0.25) is 0 Å². The van der Waals surface area contributed by atoms with Crippen LogP contribution < -0.4 is 0 Å². The molecule has 0 aromatic carbocycles. The molecular weight excluding hydrogens is 284 g/mol. The first-order chi connectivity index (χ1) is 10.9. The van der Waals surface area contributed by atoms with Gasteiger partial charge in [-0.05, 0) is 73.5 Å². The third-order valence-electron chi connectivity index (χ3n) is 8.47. The van der Waals surface area contributed by atoms with Gasteiger partial charge in [0.2, 0.25) is 0 Å². The lowest BCUT2D eigenvalue weighted by molar-refractivity contribution is -0.132. The fourth-order valence-electron chi connectivity index (χ4n) is 7.09. The number of hydrogen-bond acceptors (Lipinski definition) is 2. The molecule has 0 saturated heterocycles. The van der Waals surface area contributed by atoms with E-state index in [1.807, 2.05) is 0 Å². The van der Waals surface area contributed by atoms with Crippen LogP contribution in [-0.4, -0.2) is 11.6 Å². The molecule has 2 nitrogen and oxygen atoms in total. The van der Waals surface area contributed by atoms with Gasteiger partial charge in [0.05, 0.1) is 0 Å². The van der Waals surface area contributed by atoms with Crippen LogP contribution in [0.25, 0.3) is 0 Å². The molecule has 3 fully saturated rings. The molecule has 0 bridgehead atoms. The second-order valence-electron chi connectivity index (χ2n) is 9.32. The monoisotopic (exact) mass is 314 g/mol. The van der Waals surface area contributed by atoms with Gasteiger partial charge in [0.25, 0.3) is 0 Å². The SMILES string of the molecule is CC(=O)[C@H]1CC[C@H]2[C@@H]3C=CC4CC(=O)CC[C@]4(C)[C@H]3CC[C@]12C. The van der Waals surface area contributed by atoms with Gasteiger partial charge in [0, 0.05) is 18.8 Å². The molecule has 0 spiro atoms. The highest BCUT2D eigenvalue weighted by atomic mass is 16.1. The maximum absolute atomic E-state index is 12.1. The van der Waals surface area contributed by atoms with Crippen molar-refractivity contribution in [3.05, 3.63) is 12.2 Å². The maximum Gasteiger partial charge on any atom is 0.133 e. The molecule has 0 aromatic heterocycles. The molecule has 126 valence electrons. The van der Waals surface area contributed by atoms with Crippen molar-refractivity contribution in [2.75, 3.05) is 0 Å². The fourth-order valence-corrected chi connectivity index (χ4v) is 7.09. The Balaban J connectivity index is 1.68. The summed E-state index contributed by atoms with van der Waals surface area (Å²) in [5.74, 6) is 3.61. The zero-order valence-corrected chi connectivity index (χ0v) is 14.8. The standard InChI is InChI=1S/C21H30O2/c1-13(22)17-6-7-18-16-5-4-14-12-15(23)8-10-20(14,2)19(16)9-11-21(17,18)3/h4-5,14,16-19H,6-12H2,1-3H3/t14?,16-,17+,18-,19-,20-,21+/m0/s1. The zero-order chi connectivity index (χ0) is 16.4. The van der Waals surface area contributed by atoms with Crippen molar-refractivity contribution in [2.45, 2.75) is 65.7 Å². The van der Waals surface area contributed by atoms with Crippen molar-refractivity contribution in [1.29, 1.82) is 0 Å². The first kappa shape index (κ1) is 15.6. The van der Waals surface area contributed by atoms with Gasteiger partial charge < -0.3 is 0 Å². The van der Waals surface area contributed by atoms with Crippen LogP contribution in [0.5, 0.6) is 0 Å². The van der Waals surface area contributed by atoms with E-state index in [9.17, 15) is 9.59 Å². The van der Waals surface area contributed by atoms with Crippen LogP contribution in [0.1, 0.15) is 65.7 Å². The first-order valence-corrected chi connectivity index (χ1v) is 9.57. The number of rotatable bonds is 1. The summed E-state index contributed by atoms with van der Waals surface area (Å²) in [6.07, 6.45) is 12.2. The third-order valence-corrected chi connectivity index (χ3v) is 8.47. The average molecular weight is 314 g/mol. The summed E-state index contributed by atoms with van der Waals surface area (Å²) in [6.45, 7) is 6.64. The van der Waals surface area contributed by atoms with Gasteiger partial charge in [-0.15, -0.1) is 0 Å². The molecule has 4 aliphatic rings. The topological polar surface area (TPSA) is 34.1 Å². The van der Waals surface area contributed by atoms with Gasteiger partial charge in [0.15, 0.2) is 0 Å². The number of fused-ring (bicyclic) bond motifs is 5. The Morgan fingerprint density at radius 3 is 2.52 bits per heavy atom. The molecule has 2 heteroatoms. The summed E-state index contributed by atoms with van der Waals surface area (Å²) in [5, 5.41) is 0. The summed E-state index contributed by atoms with van der Waals surface area (Å²) in [7, 11) is 0. The van der Waals surface area contributed by atoms with Crippen molar-refractivity contribution in [3.8, 4) is 0 Å². The average Bonchev–Trinajstić information content (AvgIpc) is 2.85. The van der Waals surface area contributed by atoms with E-state index in [2.05, 4.69) is 26.0 Å². The second-order valence-corrected chi connectivity index (χ2v) is 9.32. The Morgan fingerprint density at radius 2 is 1.78 bits per heavy atom. The number of allylic oxidation sites excluding steroid dienone is 2. The molecule has 4 rings (SSSR count). The summed E-state index contributed by atoms with van der Waals surface area (Å²) < 4.78 is 0. The fraction of sp³-hybridized carbons (Fsp3) is 0.810. The summed E-state index contributed by atoms with van der Waals surface area (Å²) >= 11 is 0. The summed E-state index contributed by atoms with van der Waals surface area (Å²) in [6, 6.07) is 0. The molecule has 0 aromatic rings. The number of carbonyl (C=O) groups is 2. The van der Waals surface area contributed by atoms with Gasteiger partial charge in [0.1, 0.15) is 11.6 Å². The predicted octanol–water partition coefficient (Wildman–Crippen LogP) is 4.58. The van der Waals surface area contributed by atoms with E-state index in [-0.39, 0.29) is 11.3 Å².